The molecule has 1 aliphatic heterocycles. The third-order valence-electron chi connectivity index (χ3n) is 5.33. The van der Waals surface area contributed by atoms with Crippen LogP contribution in [0.4, 0.5) is 10.1 Å². The molecule has 0 aliphatic carbocycles. The molecule has 2 unspecified atom stereocenters. The van der Waals surface area contributed by atoms with E-state index in [1.165, 1.54) is 11.3 Å². The summed E-state index contributed by atoms with van der Waals surface area (Å²) in [6.45, 7) is 6.10. The van der Waals surface area contributed by atoms with Gasteiger partial charge < -0.3 is 10.2 Å². The van der Waals surface area contributed by atoms with Crippen LogP contribution in [0.2, 0.25) is 5.02 Å². The molecule has 2 aromatic carbocycles. The highest BCUT2D eigenvalue weighted by atomic mass is 35.5. The van der Waals surface area contributed by atoms with Gasteiger partial charge in [0.05, 0.1) is 0 Å². The largest absolute Gasteiger partial charge is 0.369 e. The number of nitrogens with zero attached hydrogens (tertiary/aromatic N) is 1. The Bertz CT molecular complexity index is 747. The molecule has 0 saturated carbocycles. The molecule has 5 heteroatoms. The minimum atomic E-state index is -1.06. The average molecular weight is 409 g/mol. The summed E-state index contributed by atoms with van der Waals surface area (Å²) < 4.78 is 15.2. The molecule has 0 bridgehead atoms. The zero-order valence-electron chi connectivity index (χ0n) is 15.7. The third kappa shape index (κ3) is 4.96. The molecular weight excluding hydrogens is 382 g/mol. The quantitative estimate of drug-likeness (QED) is 0.587. The van der Waals surface area contributed by atoms with E-state index in [1.807, 2.05) is 36.4 Å². The summed E-state index contributed by atoms with van der Waals surface area (Å²) in [5.74, 6) is 0.247. The maximum atomic E-state index is 15.2. The Labute approximate surface area is 171 Å². The normalized spacial score (nSPS) is 17.0. The summed E-state index contributed by atoms with van der Waals surface area (Å²) in [6, 6.07) is 13.6. The van der Waals surface area contributed by atoms with Crippen molar-refractivity contribution in [2.75, 3.05) is 37.0 Å². The first kappa shape index (κ1) is 20.4. The van der Waals surface area contributed by atoms with E-state index < -0.39 is 6.17 Å². The zero-order chi connectivity index (χ0) is 19.2. The van der Waals surface area contributed by atoms with Crippen molar-refractivity contribution < 1.29 is 4.39 Å². The Balaban J connectivity index is 1.77. The van der Waals surface area contributed by atoms with Gasteiger partial charge in [0.2, 0.25) is 0 Å². The number of hydrogen-bond donors (Lipinski definition) is 1. The molecule has 2 nitrogen and oxygen atoms in total. The van der Waals surface area contributed by atoms with Crippen LogP contribution in [0.15, 0.2) is 42.5 Å². The van der Waals surface area contributed by atoms with Crippen molar-refractivity contribution in [2.45, 2.75) is 31.9 Å². The van der Waals surface area contributed by atoms with E-state index in [0.717, 1.165) is 43.7 Å². The number of hydrogen-bond acceptors (Lipinski definition) is 2. The van der Waals surface area contributed by atoms with Crippen LogP contribution < -0.4 is 10.2 Å². The monoisotopic (exact) mass is 408 g/mol. The lowest BCUT2D eigenvalue weighted by atomic mass is 9.91. The molecule has 0 spiro atoms. The second-order valence-electron chi connectivity index (χ2n) is 7.05. The predicted octanol–water partition coefficient (Wildman–Crippen LogP) is 5.74. The second kappa shape index (κ2) is 9.77. The topological polar surface area (TPSA) is 15.3 Å². The Morgan fingerprint density at radius 2 is 1.89 bits per heavy atom. The molecule has 2 atom stereocenters. The number of aryl methyl sites for hydroxylation is 1. The van der Waals surface area contributed by atoms with Gasteiger partial charge in [0.1, 0.15) is 6.17 Å². The molecule has 0 amide bonds. The number of halogens is 3. The number of rotatable bonds is 7. The lowest BCUT2D eigenvalue weighted by Crippen LogP contribution is -2.43. The molecule has 27 heavy (non-hydrogen) atoms. The Hall–Kier alpha value is -1.29. The fourth-order valence-corrected chi connectivity index (χ4v) is 4.35. The van der Waals surface area contributed by atoms with Gasteiger partial charge in [-0.25, -0.2) is 4.39 Å². The zero-order valence-corrected chi connectivity index (χ0v) is 17.2. The van der Waals surface area contributed by atoms with Crippen LogP contribution in [-0.4, -0.2) is 32.1 Å². The standard InChI is InChI=1S/C22H27Cl2FN2/c1-2-16-13-17(7-8-22(16)27-11-9-26-10-12-27)21(25)14-18(15-23)19-5-3-4-6-20(19)24/h3-8,13,18,21,26H,2,9-12,14-15H2,1H3. The average Bonchev–Trinajstić information content (AvgIpc) is 2.72. The number of nitrogens with one attached hydrogen (secondary N) is 1. The Kier molecular flexibility index (Phi) is 7.40. The van der Waals surface area contributed by atoms with Crippen molar-refractivity contribution in [1.82, 2.24) is 5.32 Å². The summed E-state index contributed by atoms with van der Waals surface area (Å²) in [4.78, 5) is 2.39. The fraction of sp³-hybridized carbons (Fsp3) is 0.455. The number of alkyl halides is 2. The first-order chi connectivity index (χ1) is 13.1. The number of piperazine rings is 1. The number of anilines is 1. The van der Waals surface area contributed by atoms with Gasteiger partial charge in [0.15, 0.2) is 0 Å². The highest BCUT2D eigenvalue weighted by Crippen LogP contribution is 2.36. The van der Waals surface area contributed by atoms with Gasteiger partial charge in [-0.15, -0.1) is 11.6 Å². The van der Waals surface area contributed by atoms with E-state index in [2.05, 4.69) is 23.2 Å². The second-order valence-corrected chi connectivity index (χ2v) is 7.77. The lowest BCUT2D eigenvalue weighted by Gasteiger charge is -2.31. The first-order valence-electron chi connectivity index (χ1n) is 9.67. The maximum absolute atomic E-state index is 15.2. The molecular formula is C22H27Cl2FN2. The van der Waals surface area contributed by atoms with Gasteiger partial charge in [-0.05, 0) is 41.7 Å². The highest BCUT2D eigenvalue weighted by Gasteiger charge is 2.22. The van der Waals surface area contributed by atoms with E-state index in [-0.39, 0.29) is 5.92 Å². The Morgan fingerprint density at radius 1 is 1.15 bits per heavy atom. The summed E-state index contributed by atoms with van der Waals surface area (Å²) in [6.07, 6.45) is 0.166. The van der Waals surface area contributed by atoms with E-state index in [9.17, 15) is 0 Å². The first-order valence-corrected chi connectivity index (χ1v) is 10.6. The molecule has 3 rings (SSSR count). The van der Waals surface area contributed by atoms with Crippen LogP contribution in [-0.2, 0) is 6.42 Å². The molecule has 2 aromatic rings. The van der Waals surface area contributed by atoms with Crippen LogP contribution in [0, 0.1) is 0 Å². The van der Waals surface area contributed by atoms with Crippen molar-refractivity contribution in [3.05, 3.63) is 64.2 Å². The SMILES string of the molecule is CCc1cc(C(F)CC(CCl)c2ccccc2Cl)ccc1N1CCNCC1. The van der Waals surface area contributed by atoms with Crippen LogP contribution in [0.5, 0.6) is 0 Å². The van der Waals surface area contributed by atoms with Crippen molar-refractivity contribution in [3.8, 4) is 0 Å². The fourth-order valence-electron chi connectivity index (χ4n) is 3.76. The summed E-state index contributed by atoms with van der Waals surface area (Å²) in [5.41, 5.74) is 4.09. The van der Waals surface area contributed by atoms with Crippen molar-refractivity contribution >= 4 is 28.9 Å². The number of benzene rings is 2. The van der Waals surface area contributed by atoms with Crippen LogP contribution in [0.1, 0.15) is 42.1 Å². The maximum Gasteiger partial charge on any atom is 0.126 e. The molecule has 146 valence electrons. The summed E-state index contributed by atoms with van der Waals surface area (Å²) in [7, 11) is 0. The van der Waals surface area contributed by atoms with Gasteiger partial charge in [0, 0.05) is 48.7 Å². The van der Waals surface area contributed by atoms with Gasteiger partial charge in [-0.3, -0.25) is 0 Å². The lowest BCUT2D eigenvalue weighted by molar-refractivity contribution is 0.307. The molecule has 1 N–H and O–H groups in total. The van der Waals surface area contributed by atoms with Crippen LogP contribution >= 0.6 is 23.2 Å². The summed E-state index contributed by atoms with van der Waals surface area (Å²) in [5, 5.41) is 4.03. The molecule has 1 saturated heterocycles. The van der Waals surface area contributed by atoms with E-state index in [4.69, 9.17) is 23.2 Å². The van der Waals surface area contributed by atoms with E-state index in [1.54, 1.807) is 0 Å². The molecule has 1 fully saturated rings. The van der Waals surface area contributed by atoms with E-state index >= 15 is 4.39 Å². The van der Waals surface area contributed by atoms with Crippen molar-refractivity contribution in [1.29, 1.82) is 0 Å². The van der Waals surface area contributed by atoms with Crippen molar-refractivity contribution in [2.24, 2.45) is 0 Å². The van der Waals surface area contributed by atoms with Crippen LogP contribution in [0.3, 0.4) is 0 Å². The van der Waals surface area contributed by atoms with Gasteiger partial charge in [0.25, 0.3) is 0 Å². The van der Waals surface area contributed by atoms with Gasteiger partial charge in [-0.1, -0.05) is 48.9 Å². The minimum Gasteiger partial charge on any atom is -0.369 e. The molecule has 0 aromatic heterocycles. The van der Waals surface area contributed by atoms with Crippen molar-refractivity contribution in [3.63, 3.8) is 0 Å². The predicted molar refractivity (Wildman–Crippen MR) is 114 cm³/mol. The highest BCUT2D eigenvalue weighted by molar-refractivity contribution is 6.31. The molecule has 0 radical (unpaired) electrons. The molecule has 1 aliphatic rings. The summed E-state index contributed by atoms with van der Waals surface area (Å²) >= 11 is 12.4. The minimum absolute atomic E-state index is 0.103. The van der Waals surface area contributed by atoms with Gasteiger partial charge >= 0.3 is 0 Å². The smallest absolute Gasteiger partial charge is 0.126 e. The van der Waals surface area contributed by atoms with Crippen LogP contribution in [0.25, 0.3) is 0 Å². The van der Waals surface area contributed by atoms with Gasteiger partial charge in [-0.2, -0.15) is 0 Å². The third-order valence-corrected chi connectivity index (χ3v) is 6.04. The van der Waals surface area contributed by atoms with E-state index in [0.29, 0.717) is 17.3 Å². The Morgan fingerprint density at radius 3 is 2.56 bits per heavy atom. The molecule has 1 heterocycles.